The molecule has 1 aromatic rings. The third-order valence-corrected chi connectivity index (χ3v) is 1.46. The molecule has 0 aromatic carbocycles. The summed E-state index contributed by atoms with van der Waals surface area (Å²) in [6.07, 6.45) is 0. The Morgan fingerprint density at radius 2 is 2.08 bits per heavy atom. The highest BCUT2D eigenvalue weighted by molar-refractivity contribution is 5.88. The number of nitrogens with one attached hydrogen (secondary N) is 1. The molecule has 1 heterocycles. The third-order valence-electron chi connectivity index (χ3n) is 1.46. The monoisotopic (exact) mass is 203 g/mol. The molecule has 0 amide bonds. The zero-order valence-electron chi connectivity index (χ0n) is 7.29. The van der Waals surface area contributed by atoms with E-state index >= 15 is 0 Å². The molecule has 0 fully saturated rings. The molecular weight excluding hydrogens is 194 g/mol. The van der Waals surface area contributed by atoms with E-state index in [0.717, 1.165) is 0 Å². The van der Waals surface area contributed by atoms with Gasteiger partial charge in [-0.1, -0.05) is 0 Å². The van der Waals surface area contributed by atoms with E-state index in [1.807, 2.05) is 0 Å². The molecule has 0 aliphatic rings. The van der Waals surface area contributed by atoms with Gasteiger partial charge in [0.25, 0.3) is 5.56 Å². The molecule has 5 heteroatoms. The van der Waals surface area contributed by atoms with Gasteiger partial charge in [0.1, 0.15) is 5.56 Å². The van der Waals surface area contributed by atoms with Gasteiger partial charge in [-0.25, -0.2) is 4.79 Å². The lowest BCUT2D eigenvalue weighted by Gasteiger charge is -1.97. The maximum Gasteiger partial charge on any atom is 0.343 e. The van der Waals surface area contributed by atoms with Crippen LogP contribution >= 0.6 is 12.4 Å². The molecule has 1 N–H and O–H groups in total. The number of rotatable bonds is 1. The van der Waals surface area contributed by atoms with E-state index in [0.29, 0.717) is 5.69 Å². The molecule has 13 heavy (non-hydrogen) atoms. The highest BCUT2D eigenvalue weighted by Crippen LogP contribution is 1.94. The Morgan fingerprint density at radius 3 is 2.54 bits per heavy atom. The first kappa shape index (κ1) is 11.7. The van der Waals surface area contributed by atoms with Crippen molar-refractivity contribution in [2.45, 2.75) is 6.92 Å². The Morgan fingerprint density at radius 1 is 1.46 bits per heavy atom. The van der Waals surface area contributed by atoms with Gasteiger partial charge in [0.2, 0.25) is 0 Å². The summed E-state index contributed by atoms with van der Waals surface area (Å²) in [5.41, 5.74) is 0.331. The van der Waals surface area contributed by atoms with Crippen LogP contribution in [0.2, 0.25) is 0 Å². The maximum atomic E-state index is 11.1. The highest BCUT2D eigenvalue weighted by Gasteiger charge is 2.08. The number of aryl methyl sites for hydroxylation is 1. The summed E-state index contributed by atoms with van der Waals surface area (Å²) in [4.78, 5) is 24.5. The number of aromatic nitrogens is 1. The first-order valence-corrected chi connectivity index (χ1v) is 3.43. The van der Waals surface area contributed by atoms with Gasteiger partial charge in [-0.05, 0) is 19.1 Å². The Kier molecular flexibility index (Phi) is 4.20. The van der Waals surface area contributed by atoms with Gasteiger partial charge < -0.3 is 9.72 Å². The zero-order valence-corrected chi connectivity index (χ0v) is 8.10. The molecule has 4 nitrogen and oxygen atoms in total. The molecule has 0 aliphatic heterocycles. The van der Waals surface area contributed by atoms with Gasteiger partial charge in [0.05, 0.1) is 7.11 Å². The number of pyridine rings is 1. The zero-order chi connectivity index (χ0) is 9.14. The number of ether oxygens (including phenoxy) is 1. The number of carbonyl (C=O) groups excluding carboxylic acids is 1. The summed E-state index contributed by atoms with van der Waals surface area (Å²) in [6, 6.07) is 3.09. The standard InChI is InChI=1S/C8H9NO3.ClH/c1-5-3-4-6(7(10)9-5)8(11)12-2;/h3-4H,1-2H3,(H,9,10);1H. The van der Waals surface area contributed by atoms with Crippen LogP contribution in [0.5, 0.6) is 0 Å². The van der Waals surface area contributed by atoms with Crippen molar-refractivity contribution < 1.29 is 9.53 Å². The Bertz CT molecular complexity index is 359. The first-order chi connectivity index (χ1) is 5.65. The van der Waals surface area contributed by atoms with Crippen LogP contribution in [0.25, 0.3) is 0 Å². The molecule has 1 aromatic heterocycles. The molecule has 0 bridgehead atoms. The van der Waals surface area contributed by atoms with Crippen LogP contribution in [-0.2, 0) is 4.74 Å². The van der Waals surface area contributed by atoms with Crippen molar-refractivity contribution in [3.05, 3.63) is 33.7 Å². The number of carbonyl (C=O) groups is 1. The van der Waals surface area contributed by atoms with E-state index in [9.17, 15) is 9.59 Å². The molecule has 0 spiro atoms. The van der Waals surface area contributed by atoms with E-state index in [1.165, 1.54) is 13.2 Å². The van der Waals surface area contributed by atoms with Crippen molar-refractivity contribution >= 4 is 18.4 Å². The van der Waals surface area contributed by atoms with Gasteiger partial charge in [0.15, 0.2) is 0 Å². The molecule has 0 radical (unpaired) electrons. The summed E-state index contributed by atoms with van der Waals surface area (Å²) in [5.74, 6) is -0.615. The van der Waals surface area contributed by atoms with Gasteiger partial charge >= 0.3 is 5.97 Å². The number of methoxy groups -OCH3 is 1. The SMILES string of the molecule is COC(=O)c1ccc(C)[nH]c1=O.Cl. The molecule has 0 unspecified atom stereocenters. The predicted molar refractivity (Wildman–Crippen MR) is 50.4 cm³/mol. The van der Waals surface area contributed by atoms with Gasteiger partial charge in [-0.15, -0.1) is 12.4 Å². The van der Waals surface area contributed by atoms with Crippen molar-refractivity contribution in [1.82, 2.24) is 4.98 Å². The lowest BCUT2D eigenvalue weighted by Crippen LogP contribution is -2.18. The fourth-order valence-electron chi connectivity index (χ4n) is 0.843. The van der Waals surface area contributed by atoms with Crippen LogP contribution < -0.4 is 5.56 Å². The van der Waals surface area contributed by atoms with Crippen LogP contribution in [0, 0.1) is 6.92 Å². The van der Waals surface area contributed by atoms with Crippen LogP contribution in [0.4, 0.5) is 0 Å². The minimum absolute atomic E-state index is 0. The fourth-order valence-corrected chi connectivity index (χ4v) is 0.843. The molecule has 0 aliphatic carbocycles. The second-order valence-corrected chi connectivity index (χ2v) is 2.38. The number of halogens is 1. The van der Waals surface area contributed by atoms with Crippen LogP contribution in [0.3, 0.4) is 0 Å². The second kappa shape index (κ2) is 4.67. The summed E-state index contributed by atoms with van der Waals surface area (Å²) < 4.78 is 4.40. The Hall–Kier alpha value is -1.29. The third kappa shape index (κ3) is 2.59. The maximum absolute atomic E-state index is 11.1. The minimum Gasteiger partial charge on any atom is -0.465 e. The molecule has 0 atom stereocenters. The summed E-state index contributed by atoms with van der Waals surface area (Å²) in [5, 5.41) is 0. The van der Waals surface area contributed by atoms with Gasteiger partial charge in [0, 0.05) is 5.69 Å². The van der Waals surface area contributed by atoms with E-state index in [2.05, 4.69) is 9.72 Å². The second-order valence-electron chi connectivity index (χ2n) is 2.38. The van der Waals surface area contributed by atoms with E-state index in [1.54, 1.807) is 13.0 Å². The Balaban J connectivity index is 0.00000144. The number of hydrogen-bond acceptors (Lipinski definition) is 3. The average Bonchev–Trinajstić information content (AvgIpc) is 2.03. The molecule has 1 rings (SSSR count). The van der Waals surface area contributed by atoms with Crippen molar-refractivity contribution in [2.24, 2.45) is 0 Å². The van der Waals surface area contributed by atoms with E-state index < -0.39 is 11.5 Å². The van der Waals surface area contributed by atoms with Crippen molar-refractivity contribution in [3.8, 4) is 0 Å². The van der Waals surface area contributed by atoms with Gasteiger partial charge in [-0.3, -0.25) is 4.79 Å². The predicted octanol–water partition coefficient (Wildman–Crippen LogP) is 0.892. The van der Waals surface area contributed by atoms with E-state index in [4.69, 9.17) is 0 Å². The quantitative estimate of drug-likeness (QED) is 0.690. The summed E-state index contributed by atoms with van der Waals surface area (Å²) in [6.45, 7) is 1.74. The average molecular weight is 204 g/mol. The van der Waals surface area contributed by atoms with Crippen molar-refractivity contribution in [1.29, 1.82) is 0 Å². The molecule has 0 saturated heterocycles. The summed E-state index contributed by atoms with van der Waals surface area (Å²) in [7, 11) is 1.24. The number of H-pyrrole nitrogens is 1. The van der Waals surface area contributed by atoms with Crippen LogP contribution in [0.15, 0.2) is 16.9 Å². The fraction of sp³-hybridized carbons (Fsp3) is 0.250. The molecule has 0 saturated carbocycles. The lowest BCUT2D eigenvalue weighted by atomic mass is 10.2. The first-order valence-electron chi connectivity index (χ1n) is 3.43. The van der Waals surface area contributed by atoms with Crippen LogP contribution in [-0.4, -0.2) is 18.1 Å². The number of hydrogen-bond donors (Lipinski definition) is 1. The smallest absolute Gasteiger partial charge is 0.343 e. The van der Waals surface area contributed by atoms with Gasteiger partial charge in [-0.2, -0.15) is 0 Å². The van der Waals surface area contributed by atoms with Crippen LogP contribution in [0.1, 0.15) is 16.1 Å². The van der Waals surface area contributed by atoms with E-state index in [-0.39, 0.29) is 18.0 Å². The highest BCUT2D eigenvalue weighted by atomic mass is 35.5. The molecule has 72 valence electrons. The molecular formula is C8H10ClNO3. The number of esters is 1. The largest absolute Gasteiger partial charge is 0.465 e. The van der Waals surface area contributed by atoms with Crippen molar-refractivity contribution in [3.63, 3.8) is 0 Å². The van der Waals surface area contributed by atoms with Crippen molar-refractivity contribution in [2.75, 3.05) is 7.11 Å². The minimum atomic E-state index is -0.615. The number of aromatic amines is 1. The summed E-state index contributed by atoms with van der Waals surface area (Å²) >= 11 is 0. The Labute approximate surface area is 81.3 Å². The lowest BCUT2D eigenvalue weighted by molar-refractivity contribution is 0.0598. The topological polar surface area (TPSA) is 59.2 Å². The normalized spacial score (nSPS) is 8.77.